The van der Waals surface area contributed by atoms with Crippen LogP contribution >= 0.6 is 0 Å². The van der Waals surface area contributed by atoms with E-state index in [4.69, 9.17) is 4.74 Å². The van der Waals surface area contributed by atoms with Crippen molar-refractivity contribution < 1.29 is 9.53 Å². The number of aryl methyl sites for hydroxylation is 1. The molecule has 0 aliphatic carbocycles. The third-order valence-corrected chi connectivity index (χ3v) is 3.76. The number of benzene rings is 1. The Morgan fingerprint density at radius 1 is 1.25 bits per heavy atom. The van der Waals surface area contributed by atoms with E-state index in [1.54, 1.807) is 17.1 Å². The molecule has 2 aromatic rings. The van der Waals surface area contributed by atoms with Gasteiger partial charge in [-0.05, 0) is 37.0 Å². The number of carbonyl (C=O) groups is 1. The van der Waals surface area contributed by atoms with E-state index in [1.165, 1.54) is 0 Å². The van der Waals surface area contributed by atoms with Gasteiger partial charge in [0.25, 0.3) is 0 Å². The first-order valence-electron chi connectivity index (χ1n) is 8.41. The molecule has 1 heterocycles. The molecule has 6 nitrogen and oxygen atoms in total. The van der Waals surface area contributed by atoms with Crippen LogP contribution in [-0.2, 0) is 11.3 Å². The SMILES string of the molecule is CC(C)CCOc1ccc([C@H](C)NC(=O)CCn2ccnn2)cc1. The van der Waals surface area contributed by atoms with Gasteiger partial charge in [-0.1, -0.05) is 31.2 Å². The second kappa shape index (κ2) is 9.05. The lowest BCUT2D eigenvalue weighted by Crippen LogP contribution is -2.27. The maximum Gasteiger partial charge on any atom is 0.222 e. The van der Waals surface area contributed by atoms with Crippen molar-refractivity contribution in [1.82, 2.24) is 20.3 Å². The highest BCUT2D eigenvalue weighted by molar-refractivity contribution is 5.76. The Labute approximate surface area is 143 Å². The molecule has 0 spiro atoms. The van der Waals surface area contributed by atoms with Crippen LogP contribution in [0.3, 0.4) is 0 Å². The molecule has 0 aliphatic heterocycles. The first-order valence-corrected chi connectivity index (χ1v) is 8.41. The summed E-state index contributed by atoms with van der Waals surface area (Å²) in [5, 5.41) is 10.6. The van der Waals surface area contributed by atoms with Crippen LogP contribution in [0.1, 0.15) is 45.2 Å². The first-order chi connectivity index (χ1) is 11.5. The van der Waals surface area contributed by atoms with E-state index in [2.05, 4.69) is 29.5 Å². The second-order valence-corrected chi connectivity index (χ2v) is 6.31. The molecule has 1 amide bonds. The zero-order valence-electron chi connectivity index (χ0n) is 14.6. The molecule has 1 N–H and O–H groups in total. The third kappa shape index (κ3) is 6.02. The van der Waals surface area contributed by atoms with Crippen LogP contribution in [0.4, 0.5) is 0 Å². The van der Waals surface area contributed by atoms with E-state index in [-0.39, 0.29) is 11.9 Å². The summed E-state index contributed by atoms with van der Waals surface area (Å²) in [4.78, 5) is 12.0. The summed E-state index contributed by atoms with van der Waals surface area (Å²) in [5.41, 5.74) is 1.06. The van der Waals surface area contributed by atoms with Gasteiger partial charge < -0.3 is 10.1 Å². The lowest BCUT2D eigenvalue weighted by Gasteiger charge is -2.15. The van der Waals surface area contributed by atoms with Crippen molar-refractivity contribution in [2.75, 3.05) is 6.61 Å². The van der Waals surface area contributed by atoms with Crippen molar-refractivity contribution in [2.45, 2.75) is 46.2 Å². The molecule has 0 unspecified atom stereocenters. The Hall–Kier alpha value is -2.37. The van der Waals surface area contributed by atoms with Crippen molar-refractivity contribution in [3.05, 3.63) is 42.2 Å². The van der Waals surface area contributed by atoms with Crippen molar-refractivity contribution in [1.29, 1.82) is 0 Å². The number of nitrogens with zero attached hydrogens (tertiary/aromatic N) is 3. The van der Waals surface area contributed by atoms with Gasteiger partial charge in [-0.25, -0.2) is 0 Å². The van der Waals surface area contributed by atoms with Crippen LogP contribution in [0.2, 0.25) is 0 Å². The molecule has 0 fully saturated rings. The van der Waals surface area contributed by atoms with Crippen LogP contribution in [-0.4, -0.2) is 27.5 Å². The predicted molar refractivity (Wildman–Crippen MR) is 92.6 cm³/mol. The normalized spacial score (nSPS) is 12.2. The minimum Gasteiger partial charge on any atom is -0.494 e. The molecular weight excluding hydrogens is 304 g/mol. The molecule has 24 heavy (non-hydrogen) atoms. The summed E-state index contributed by atoms with van der Waals surface area (Å²) in [7, 11) is 0. The molecule has 1 aromatic heterocycles. The minimum atomic E-state index is -0.0436. The largest absolute Gasteiger partial charge is 0.494 e. The maximum absolute atomic E-state index is 12.0. The van der Waals surface area contributed by atoms with Gasteiger partial charge in [-0.15, -0.1) is 5.10 Å². The lowest BCUT2D eigenvalue weighted by atomic mass is 10.1. The smallest absolute Gasteiger partial charge is 0.222 e. The van der Waals surface area contributed by atoms with Crippen LogP contribution in [0.15, 0.2) is 36.7 Å². The number of nitrogens with one attached hydrogen (secondary N) is 1. The van der Waals surface area contributed by atoms with Gasteiger partial charge in [0, 0.05) is 12.6 Å². The Balaban J connectivity index is 1.76. The zero-order valence-corrected chi connectivity index (χ0v) is 14.6. The maximum atomic E-state index is 12.0. The molecule has 0 bridgehead atoms. The quantitative estimate of drug-likeness (QED) is 0.767. The molecule has 2 rings (SSSR count). The Bertz CT molecular complexity index is 608. The molecule has 1 atom stereocenters. The molecule has 0 radical (unpaired) electrons. The lowest BCUT2D eigenvalue weighted by molar-refractivity contribution is -0.122. The van der Waals surface area contributed by atoms with Gasteiger partial charge in [-0.3, -0.25) is 9.48 Å². The Kier molecular flexibility index (Phi) is 6.78. The predicted octanol–water partition coefficient (Wildman–Crippen LogP) is 2.97. The molecule has 6 heteroatoms. The van der Waals surface area contributed by atoms with Crippen molar-refractivity contribution in [2.24, 2.45) is 5.92 Å². The fourth-order valence-electron chi connectivity index (χ4n) is 2.23. The number of hydrogen-bond acceptors (Lipinski definition) is 4. The number of rotatable bonds is 9. The highest BCUT2D eigenvalue weighted by Gasteiger charge is 2.10. The summed E-state index contributed by atoms with van der Waals surface area (Å²) in [6.07, 6.45) is 4.77. The number of aromatic nitrogens is 3. The van der Waals surface area contributed by atoms with Crippen molar-refractivity contribution in [3.63, 3.8) is 0 Å². The summed E-state index contributed by atoms with van der Waals surface area (Å²) in [6, 6.07) is 7.85. The number of carbonyl (C=O) groups excluding carboxylic acids is 1. The third-order valence-electron chi connectivity index (χ3n) is 3.76. The fourth-order valence-corrected chi connectivity index (χ4v) is 2.23. The van der Waals surface area contributed by atoms with Gasteiger partial charge in [0.1, 0.15) is 5.75 Å². The summed E-state index contributed by atoms with van der Waals surface area (Å²) in [5.74, 6) is 1.50. The summed E-state index contributed by atoms with van der Waals surface area (Å²) >= 11 is 0. The van der Waals surface area contributed by atoms with Gasteiger partial charge >= 0.3 is 0 Å². The molecule has 0 saturated carbocycles. The van der Waals surface area contributed by atoms with Crippen molar-refractivity contribution >= 4 is 5.91 Å². The number of amides is 1. The summed E-state index contributed by atoms with van der Waals surface area (Å²) < 4.78 is 7.36. The van der Waals surface area contributed by atoms with Gasteiger partial charge in [0.05, 0.1) is 25.4 Å². The standard InChI is InChI=1S/C18H26N4O2/c1-14(2)9-13-24-17-6-4-16(5-7-17)15(3)20-18(23)8-11-22-12-10-19-21-22/h4-7,10,12,14-15H,8-9,11,13H2,1-3H3,(H,20,23)/t15-/m0/s1. The van der Waals surface area contributed by atoms with Crippen LogP contribution in [0.25, 0.3) is 0 Å². The van der Waals surface area contributed by atoms with Gasteiger partial charge in [0.2, 0.25) is 5.91 Å². The molecule has 1 aromatic carbocycles. The topological polar surface area (TPSA) is 69.0 Å². The highest BCUT2D eigenvalue weighted by Crippen LogP contribution is 2.18. The molecule has 0 aliphatic rings. The van der Waals surface area contributed by atoms with Gasteiger partial charge in [0.15, 0.2) is 0 Å². The monoisotopic (exact) mass is 330 g/mol. The fraction of sp³-hybridized carbons (Fsp3) is 0.500. The average Bonchev–Trinajstić information content (AvgIpc) is 3.06. The molecule has 0 saturated heterocycles. The van der Waals surface area contributed by atoms with Gasteiger partial charge in [-0.2, -0.15) is 0 Å². The Morgan fingerprint density at radius 3 is 2.62 bits per heavy atom. The Morgan fingerprint density at radius 2 is 2.00 bits per heavy atom. The van der Waals surface area contributed by atoms with Crippen molar-refractivity contribution in [3.8, 4) is 5.75 Å². The minimum absolute atomic E-state index is 0.00439. The summed E-state index contributed by atoms with van der Waals surface area (Å²) in [6.45, 7) is 7.59. The number of hydrogen-bond donors (Lipinski definition) is 1. The van der Waals surface area contributed by atoms with E-state index >= 15 is 0 Å². The van der Waals surface area contributed by atoms with E-state index in [0.29, 0.717) is 18.9 Å². The second-order valence-electron chi connectivity index (χ2n) is 6.31. The zero-order chi connectivity index (χ0) is 17.4. The van der Waals surface area contributed by atoms with E-state index < -0.39 is 0 Å². The highest BCUT2D eigenvalue weighted by atomic mass is 16.5. The molecular formula is C18H26N4O2. The first kappa shape index (κ1) is 18.0. The number of ether oxygens (including phenoxy) is 1. The van der Waals surface area contributed by atoms with E-state index in [1.807, 2.05) is 31.2 Å². The van der Waals surface area contributed by atoms with E-state index in [9.17, 15) is 4.79 Å². The van der Waals surface area contributed by atoms with Crippen LogP contribution < -0.4 is 10.1 Å². The average molecular weight is 330 g/mol. The molecule has 130 valence electrons. The van der Waals surface area contributed by atoms with E-state index in [0.717, 1.165) is 24.3 Å². The van der Waals surface area contributed by atoms with Crippen LogP contribution in [0, 0.1) is 5.92 Å². The van der Waals surface area contributed by atoms with Crippen LogP contribution in [0.5, 0.6) is 5.75 Å².